The third-order valence-corrected chi connectivity index (χ3v) is 5.29. The van der Waals surface area contributed by atoms with Gasteiger partial charge in [-0.3, -0.25) is 4.79 Å². The highest BCUT2D eigenvalue weighted by Gasteiger charge is 2.23. The van der Waals surface area contributed by atoms with Crippen LogP contribution in [0.2, 0.25) is 0 Å². The molecule has 1 heterocycles. The molecule has 1 fully saturated rings. The number of nitrogens with one attached hydrogen (secondary N) is 1. The van der Waals surface area contributed by atoms with E-state index in [-0.39, 0.29) is 17.5 Å². The third kappa shape index (κ3) is 6.04. The van der Waals surface area contributed by atoms with E-state index >= 15 is 0 Å². The lowest BCUT2D eigenvalue weighted by Gasteiger charge is -2.27. The lowest BCUT2D eigenvalue weighted by atomic mass is 10.1. The number of nitrogens with zero attached hydrogens (tertiary/aromatic N) is 1. The first kappa shape index (κ1) is 22.7. The minimum atomic E-state index is -0.632. The van der Waals surface area contributed by atoms with Crippen LogP contribution >= 0.6 is 0 Å². The Balaban J connectivity index is 1.87. The van der Waals surface area contributed by atoms with Crippen LogP contribution in [-0.4, -0.2) is 50.7 Å². The molecule has 1 amide bonds. The zero-order valence-electron chi connectivity index (χ0n) is 18.1. The van der Waals surface area contributed by atoms with Crippen molar-refractivity contribution in [3.63, 3.8) is 0 Å². The van der Waals surface area contributed by atoms with Gasteiger partial charge in [0.25, 0.3) is 5.91 Å². The molecule has 1 aliphatic rings. The smallest absolute Gasteiger partial charge is 0.254 e. The molecular formula is C24H28F2N2O3. The Bertz CT molecular complexity index is 934. The van der Waals surface area contributed by atoms with Gasteiger partial charge in [0.05, 0.1) is 14.2 Å². The van der Waals surface area contributed by atoms with E-state index in [0.29, 0.717) is 30.2 Å². The van der Waals surface area contributed by atoms with E-state index in [4.69, 9.17) is 9.47 Å². The average molecular weight is 430 g/mol. The van der Waals surface area contributed by atoms with Gasteiger partial charge in [0, 0.05) is 42.4 Å². The quantitative estimate of drug-likeness (QED) is 0.679. The SMILES string of the molecule is COc1cc(OC)cc(C(=O)N(C/C(C)=C/c2ccc(F)cc2F)CC2CCCN2)c1. The second-order valence-electron chi connectivity index (χ2n) is 7.74. The molecule has 0 radical (unpaired) electrons. The van der Waals surface area contributed by atoms with Gasteiger partial charge in [-0.15, -0.1) is 0 Å². The molecule has 166 valence electrons. The van der Waals surface area contributed by atoms with Crippen LogP contribution < -0.4 is 14.8 Å². The van der Waals surface area contributed by atoms with Crippen molar-refractivity contribution in [2.24, 2.45) is 0 Å². The number of carbonyl (C=O) groups is 1. The molecule has 31 heavy (non-hydrogen) atoms. The number of amides is 1. The lowest BCUT2D eigenvalue weighted by molar-refractivity contribution is 0.0756. The Labute approximate surface area is 181 Å². The number of halogens is 2. The fourth-order valence-electron chi connectivity index (χ4n) is 3.74. The van der Waals surface area contributed by atoms with E-state index in [0.717, 1.165) is 31.0 Å². The molecule has 1 aliphatic heterocycles. The number of hydrogen-bond donors (Lipinski definition) is 1. The van der Waals surface area contributed by atoms with Crippen LogP contribution in [0.25, 0.3) is 6.08 Å². The summed E-state index contributed by atoms with van der Waals surface area (Å²) >= 11 is 0. The van der Waals surface area contributed by atoms with Crippen molar-refractivity contribution in [3.05, 3.63) is 64.7 Å². The Morgan fingerprint density at radius 1 is 1.16 bits per heavy atom. The summed E-state index contributed by atoms with van der Waals surface area (Å²) in [7, 11) is 3.07. The fourth-order valence-corrected chi connectivity index (χ4v) is 3.74. The monoisotopic (exact) mass is 430 g/mol. The maximum atomic E-state index is 14.1. The van der Waals surface area contributed by atoms with E-state index in [1.807, 2.05) is 6.92 Å². The summed E-state index contributed by atoms with van der Waals surface area (Å²) in [6.07, 6.45) is 3.69. The Kier molecular flexibility index (Phi) is 7.63. The minimum absolute atomic E-state index is 0.168. The molecule has 1 atom stereocenters. The molecule has 0 aromatic heterocycles. The van der Waals surface area contributed by atoms with Gasteiger partial charge in [-0.1, -0.05) is 11.6 Å². The number of ether oxygens (including phenoxy) is 2. The molecule has 0 saturated carbocycles. The molecule has 5 nitrogen and oxygen atoms in total. The number of methoxy groups -OCH3 is 2. The van der Waals surface area contributed by atoms with Gasteiger partial charge in [-0.25, -0.2) is 8.78 Å². The van der Waals surface area contributed by atoms with Crippen LogP contribution in [0.5, 0.6) is 11.5 Å². The van der Waals surface area contributed by atoms with Crippen molar-refractivity contribution in [1.82, 2.24) is 10.2 Å². The predicted molar refractivity (Wildman–Crippen MR) is 116 cm³/mol. The Morgan fingerprint density at radius 2 is 1.87 bits per heavy atom. The van der Waals surface area contributed by atoms with E-state index < -0.39 is 11.6 Å². The van der Waals surface area contributed by atoms with E-state index in [9.17, 15) is 13.6 Å². The van der Waals surface area contributed by atoms with Crippen LogP contribution in [0.4, 0.5) is 8.78 Å². The van der Waals surface area contributed by atoms with Crippen LogP contribution in [0.1, 0.15) is 35.7 Å². The van der Waals surface area contributed by atoms with Gasteiger partial charge in [-0.2, -0.15) is 0 Å². The van der Waals surface area contributed by atoms with Crippen LogP contribution in [0.15, 0.2) is 42.0 Å². The molecule has 0 bridgehead atoms. The minimum Gasteiger partial charge on any atom is -0.497 e. The topological polar surface area (TPSA) is 50.8 Å². The fraction of sp³-hybridized carbons (Fsp3) is 0.375. The van der Waals surface area contributed by atoms with E-state index in [1.165, 1.54) is 26.4 Å². The molecular weight excluding hydrogens is 402 g/mol. The Morgan fingerprint density at radius 3 is 2.45 bits per heavy atom. The number of hydrogen-bond acceptors (Lipinski definition) is 4. The Hall–Kier alpha value is -2.93. The standard InChI is InChI=1S/C24H28F2N2O3/c1-16(9-17-6-7-19(25)12-23(17)26)14-28(15-20-5-4-8-27-20)24(29)18-10-21(30-2)13-22(11-18)31-3/h6-7,9-13,20,27H,4-5,8,14-15H2,1-3H3/b16-9+. The van der Waals surface area contributed by atoms with Crippen LogP contribution in [-0.2, 0) is 0 Å². The van der Waals surface area contributed by atoms with Gasteiger partial charge < -0.3 is 19.7 Å². The van der Waals surface area contributed by atoms with Crippen LogP contribution in [0.3, 0.4) is 0 Å². The zero-order valence-corrected chi connectivity index (χ0v) is 18.1. The molecule has 0 aliphatic carbocycles. The number of carbonyl (C=O) groups excluding carboxylic acids is 1. The third-order valence-electron chi connectivity index (χ3n) is 5.29. The molecule has 2 aromatic carbocycles. The molecule has 2 aromatic rings. The van der Waals surface area contributed by atoms with Crippen molar-refractivity contribution in [2.75, 3.05) is 33.9 Å². The second kappa shape index (κ2) is 10.4. The molecule has 3 rings (SSSR count). The van der Waals surface area contributed by atoms with Gasteiger partial charge in [0.2, 0.25) is 0 Å². The summed E-state index contributed by atoms with van der Waals surface area (Å²) in [5.41, 5.74) is 1.52. The maximum absolute atomic E-state index is 14.1. The highest BCUT2D eigenvalue weighted by atomic mass is 19.1. The van der Waals surface area contributed by atoms with Crippen LogP contribution in [0, 0.1) is 11.6 Å². The van der Waals surface area contributed by atoms with E-state index in [1.54, 1.807) is 29.2 Å². The number of benzene rings is 2. The molecule has 0 spiro atoms. The molecule has 1 N–H and O–H groups in total. The molecule has 1 unspecified atom stereocenters. The highest BCUT2D eigenvalue weighted by Crippen LogP contribution is 2.24. The van der Waals surface area contributed by atoms with Gasteiger partial charge in [0.15, 0.2) is 0 Å². The van der Waals surface area contributed by atoms with Gasteiger partial charge in [-0.05, 0) is 50.6 Å². The molecule has 7 heteroatoms. The van der Waals surface area contributed by atoms with Gasteiger partial charge >= 0.3 is 0 Å². The average Bonchev–Trinajstić information content (AvgIpc) is 3.27. The van der Waals surface area contributed by atoms with Crippen molar-refractivity contribution in [1.29, 1.82) is 0 Å². The summed E-state index contributed by atoms with van der Waals surface area (Å²) in [4.78, 5) is 15.1. The zero-order chi connectivity index (χ0) is 22.4. The van der Waals surface area contributed by atoms with Crippen molar-refractivity contribution < 1.29 is 23.0 Å². The summed E-state index contributed by atoms with van der Waals surface area (Å²) in [6, 6.07) is 8.74. The summed E-state index contributed by atoms with van der Waals surface area (Å²) in [5, 5.41) is 3.41. The first-order valence-electron chi connectivity index (χ1n) is 10.3. The normalized spacial score (nSPS) is 16.3. The summed E-state index contributed by atoms with van der Waals surface area (Å²) in [5.74, 6) is -0.363. The van der Waals surface area contributed by atoms with Crippen molar-refractivity contribution >= 4 is 12.0 Å². The largest absolute Gasteiger partial charge is 0.497 e. The van der Waals surface area contributed by atoms with Crippen molar-refractivity contribution in [3.8, 4) is 11.5 Å². The van der Waals surface area contributed by atoms with Gasteiger partial charge in [0.1, 0.15) is 23.1 Å². The lowest BCUT2D eigenvalue weighted by Crippen LogP contribution is -2.42. The van der Waals surface area contributed by atoms with Crippen molar-refractivity contribution in [2.45, 2.75) is 25.8 Å². The summed E-state index contributed by atoms with van der Waals surface area (Å²) < 4.78 is 37.9. The first-order valence-corrected chi connectivity index (χ1v) is 10.3. The predicted octanol–water partition coefficient (Wildman–Crippen LogP) is 4.28. The van der Waals surface area contributed by atoms with E-state index in [2.05, 4.69) is 5.32 Å². The maximum Gasteiger partial charge on any atom is 0.254 e. The molecule has 1 saturated heterocycles. The second-order valence-corrected chi connectivity index (χ2v) is 7.74. The number of rotatable bonds is 8. The first-order chi connectivity index (χ1) is 14.9. The summed E-state index contributed by atoms with van der Waals surface area (Å²) in [6.45, 7) is 3.59. The highest BCUT2D eigenvalue weighted by molar-refractivity contribution is 5.95.